The van der Waals surface area contributed by atoms with Gasteiger partial charge < -0.3 is 4.57 Å². The summed E-state index contributed by atoms with van der Waals surface area (Å²) < 4.78 is 29.2. The summed E-state index contributed by atoms with van der Waals surface area (Å²) in [7, 11) is -1.36. The Hall–Kier alpha value is -1.11. The maximum atomic E-state index is 12.0. The molecule has 1 atom stereocenters. The molecule has 0 amide bonds. The fourth-order valence-electron chi connectivity index (χ4n) is 1.92. The summed E-state index contributed by atoms with van der Waals surface area (Å²) in [5.74, 6) is 0. The molecule has 6 heteroatoms. The van der Waals surface area contributed by atoms with E-state index in [9.17, 15) is 8.42 Å². The first kappa shape index (κ1) is 14.3. The summed E-state index contributed by atoms with van der Waals surface area (Å²) in [5.41, 5.74) is 1.21. The molecule has 2 heterocycles. The van der Waals surface area contributed by atoms with Crippen LogP contribution in [0.4, 0.5) is 0 Å². The molecule has 104 valence electrons. The minimum Gasteiger partial charge on any atom is -0.354 e. The first-order valence-electron chi connectivity index (χ1n) is 6.15. The van der Waals surface area contributed by atoms with Gasteiger partial charge in [-0.1, -0.05) is 6.07 Å². The molecule has 0 aliphatic heterocycles. The third-order valence-electron chi connectivity index (χ3n) is 3.00. The Balaban J connectivity index is 1.91. The monoisotopic (exact) mass is 298 g/mol. The van der Waals surface area contributed by atoms with Crippen molar-refractivity contribution in [1.29, 1.82) is 0 Å². The highest BCUT2D eigenvalue weighted by Crippen LogP contribution is 2.16. The predicted octanol–water partition coefficient (Wildman–Crippen LogP) is 2.39. The zero-order chi connectivity index (χ0) is 13.9. The highest BCUT2D eigenvalue weighted by Gasteiger charge is 2.18. The second-order valence-electron chi connectivity index (χ2n) is 4.60. The van der Waals surface area contributed by atoms with Crippen LogP contribution in [-0.4, -0.2) is 19.0 Å². The van der Waals surface area contributed by atoms with Crippen LogP contribution in [0.25, 0.3) is 0 Å². The Morgan fingerprint density at radius 2 is 2.16 bits per heavy atom. The predicted molar refractivity (Wildman–Crippen MR) is 77.8 cm³/mol. The van der Waals surface area contributed by atoms with Crippen LogP contribution >= 0.6 is 11.3 Å². The third-order valence-corrected chi connectivity index (χ3v) is 5.99. The Bertz CT molecular complexity index is 615. The smallest absolute Gasteiger partial charge is 0.250 e. The molecule has 2 rings (SSSR count). The van der Waals surface area contributed by atoms with E-state index in [1.54, 1.807) is 17.5 Å². The first-order chi connectivity index (χ1) is 8.99. The summed E-state index contributed by atoms with van der Waals surface area (Å²) in [4.78, 5) is 0. The van der Waals surface area contributed by atoms with E-state index < -0.39 is 10.0 Å². The number of hydrogen-bond donors (Lipinski definition) is 1. The topological polar surface area (TPSA) is 51.1 Å². The van der Waals surface area contributed by atoms with Crippen molar-refractivity contribution in [1.82, 2.24) is 9.29 Å². The summed E-state index contributed by atoms with van der Waals surface area (Å²) in [6.07, 6.45) is 3.63. The number of hydrogen-bond acceptors (Lipinski definition) is 3. The number of nitrogens with one attached hydrogen (secondary N) is 1. The molecular weight excluding hydrogens is 280 g/mol. The Kier molecular flexibility index (Phi) is 4.44. The molecule has 0 radical (unpaired) electrons. The lowest BCUT2D eigenvalue weighted by molar-refractivity contribution is 0.545. The normalized spacial score (nSPS) is 13.6. The van der Waals surface area contributed by atoms with Crippen molar-refractivity contribution in [3.8, 4) is 0 Å². The van der Waals surface area contributed by atoms with Crippen molar-refractivity contribution in [2.24, 2.45) is 7.05 Å². The SMILES string of the molecule is C[C@@H](CCc1cccn1C)NS(=O)(=O)c1cccs1. The summed E-state index contributed by atoms with van der Waals surface area (Å²) >= 11 is 1.24. The molecule has 2 aromatic rings. The lowest BCUT2D eigenvalue weighted by Gasteiger charge is -2.13. The molecule has 0 unspecified atom stereocenters. The number of aryl methyl sites for hydroxylation is 2. The molecule has 0 bridgehead atoms. The zero-order valence-electron chi connectivity index (χ0n) is 11.0. The van der Waals surface area contributed by atoms with Crippen molar-refractivity contribution >= 4 is 21.4 Å². The number of rotatable bonds is 6. The molecule has 0 aliphatic carbocycles. The first-order valence-corrected chi connectivity index (χ1v) is 8.51. The molecule has 4 nitrogen and oxygen atoms in total. The van der Waals surface area contributed by atoms with Crippen LogP contribution in [0.3, 0.4) is 0 Å². The fourth-order valence-corrected chi connectivity index (χ4v) is 4.21. The van der Waals surface area contributed by atoms with Gasteiger partial charge in [0, 0.05) is 25.0 Å². The minimum atomic E-state index is -3.36. The molecule has 0 fully saturated rings. The van der Waals surface area contributed by atoms with Gasteiger partial charge in [0.15, 0.2) is 0 Å². The van der Waals surface area contributed by atoms with Gasteiger partial charge >= 0.3 is 0 Å². The van der Waals surface area contributed by atoms with Crippen molar-refractivity contribution in [3.63, 3.8) is 0 Å². The maximum Gasteiger partial charge on any atom is 0.250 e. The zero-order valence-corrected chi connectivity index (χ0v) is 12.7. The molecule has 0 saturated heterocycles. The van der Waals surface area contributed by atoms with E-state index in [1.807, 2.05) is 26.2 Å². The number of nitrogens with zero attached hydrogens (tertiary/aromatic N) is 1. The highest BCUT2D eigenvalue weighted by molar-refractivity contribution is 7.91. The number of thiophene rings is 1. The van der Waals surface area contributed by atoms with E-state index in [2.05, 4.69) is 15.4 Å². The standard InChI is InChI=1S/C13H18N2O2S2/c1-11(7-8-12-5-3-9-15(12)2)14-19(16,17)13-6-4-10-18-13/h3-6,9-11,14H,7-8H2,1-2H3/t11-/m0/s1. The largest absolute Gasteiger partial charge is 0.354 e. The lowest BCUT2D eigenvalue weighted by Crippen LogP contribution is -2.32. The van der Waals surface area contributed by atoms with Crippen LogP contribution in [0.2, 0.25) is 0 Å². The lowest BCUT2D eigenvalue weighted by atomic mass is 10.1. The van der Waals surface area contributed by atoms with Crippen LogP contribution < -0.4 is 4.72 Å². The van der Waals surface area contributed by atoms with Gasteiger partial charge in [0.2, 0.25) is 10.0 Å². The fraction of sp³-hybridized carbons (Fsp3) is 0.385. The van der Waals surface area contributed by atoms with Crippen LogP contribution in [-0.2, 0) is 23.5 Å². The Morgan fingerprint density at radius 1 is 1.37 bits per heavy atom. The van der Waals surface area contributed by atoms with E-state index >= 15 is 0 Å². The molecule has 19 heavy (non-hydrogen) atoms. The summed E-state index contributed by atoms with van der Waals surface area (Å²) in [6.45, 7) is 1.90. The van der Waals surface area contributed by atoms with Crippen molar-refractivity contribution in [3.05, 3.63) is 41.5 Å². The van der Waals surface area contributed by atoms with Crippen LogP contribution in [0, 0.1) is 0 Å². The molecule has 0 spiro atoms. The molecular formula is C13H18N2O2S2. The van der Waals surface area contributed by atoms with E-state index in [0.717, 1.165) is 12.8 Å². The van der Waals surface area contributed by atoms with Gasteiger partial charge in [-0.15, -0.1) is 11.3 Å². The molecule has 0 aromatic carbocycles. The van der Waals surface area contributed by atoms with Crippen molar-refractivity contribution in [2.45, 2.75) is 30.0 Å². The molecule has 2 aromatic heterocycles. The molecule has 0 saturated carbocycles. The molecule has 1 N–H and O–H groups in total. The van der Waals surface area contributed by atoms with Gasteiger partial charge in [0.25, 0.3) is 0 Å². The molecule has 0 aliphatic rings. The summed E-state index contributed by atoms with van der Waals surface area (Å²) in [5, 5.41) is 1.77. The average molecular weight is 298 g/mol. The third kappa shape index (κ3) is 3.68. The number of sulfonamides is 1. The van der Waals surface area contributed by atoms with Crippen LogP contribution in [0.15, 0.2) is 40.1 Å². The van der Waals surface area contributed by atoms with E-state index in [0.29, 0.717) is 4.21 Å². The van der Waals surface area contributed by atoms with Gasteiger partial charge in [-0.05, 0) is 43.3 Å². The maximum absolute atomic E-state index is 12.0. The van der Waals surface area contributed by atoms with Gasteiger partial charge in [0.05, 0.1) is 0 Å². The van der Waals surface area contributed by atoms with Gasteiger partial charge in [0.1, 0.15) is 4.21 Å². The van der Waals surface area contributed by atoms with Gasteiger partial charge in [-0.3, -0.25) is 0 Å². The van der Waals surface area contributed by atoms with Gasteiger partial charge in [-0.2, -0.15) is 0 Å². The van der Waals surface area contributed by atoms with E-state index in [-0.39, 0.29) is 6.04 Å². The second-order valence-corrected chi connectivity index (χ2v) is 7.49. The quantitative estimate of drug-likeness (QED) is 0.890. The van der Waals surface area contributed by atoms with Crippen molar-refractivity contribution in [2.75, 3.05) is 0 Å². The van der Waals surface area contributed by atoms with Crippen molar-refractivity contribution < 1.29 is 8.42 Å². The number of aromatic nitrogens is 1. The minimum absolute atomic E-state index is 0.0815. The van der Waals surface area contributed by atoms with E-state index in [4.69, 9.17) is 0 Å². The summed E-state index contributed by atoms with van der Waals surface area (Å²) in [6, 6.07) is 7.34. The second kappa shape index (κ2) is 5.90. The van der Waals surface area contributed by atoms with Gasteiger partial charge in [-0.25, -0.2) is 13.1 Å². The highest BCUT2D eigenvalue weighted by atomic mass is 32.2. The van der Waals surface area contributed by atoms with Crippen LogP contribution in [0.5, 0.6) is 0 Å². The van der Waals surface area contributed by atoms with E-state index in [1.165, 1.54) is 17.0 Å². The average Bonchev–Trinajstić information content (AvgIpc) is 2.96. The Labute approximate surface area is 118 Å². The van der Waals surface area contributed by atoms with Crippen LogP contribution in [0.1, 0.15) is 19.0 Å². The Morgan fingerprint density at radius 3 is 2.74 bits per heavy atom.